The summed E-state index contributed by atoms with van der Waals surface area (Å²) >= 11 is 1.69. The number of anilines is 4. The summed E-state index contributed by atoms with van der Waals surface area (Å²) in [6.45, 7) is 4.14. The van der Waals surface area contributed by atoms with Crippen LogP contribution in [0.25, 0.3) is 0 Å². The molecule has 0 bridgehead atoms. The molecule has 8 heteroatoms. The first-order valence-corrected chi connectivity index (χ1v) is 13.7. The predicted octanol–water partition coefficient (Wildman–Crippen LogP) is 7.21. The van der Waals surface area contributed by atoms with E-state index in [2.05, 4.69) is 13.9 Å². The van der Waals surface area contributed by atoms with Gasteiger partial charge in [-0.05, 0) is 80.6 Å². The molecule has 4 rings (SSSR count). The van der Waals surface area contributed by atoms with Gasteiger partial charge in [0.15, 0.2) is 34.6 Å². The molecule has 1 aliphatic rings. The molecule has 1 aliphatic carbocycles. The maximum Gasteiger partial charge on any atom is 0.196 e. The lowest BCUT2D eigenvalue weighted by Gasteiger charge is -2.25. The molecular formula is C31H31IN2O5. The second-order valence-electron chi connectivity index (χ2n) is 9.08. The molecule has 3 aromatic rings. The van der Waals surface area contributed by atoms with Gasteiger partial charge in [-0.1, -0.05) is 36.4 Å². The number of halogens is 1. The van der Waals surface area contributed by atoms with Crippen molar-refractivity contribution in [3.8, 4) is 0 Å². The normalized spacial score (nSPS) is 15.1. The summed E-state index contributed by atoms with van der Waals surface area (Å²) < 4.78 is 4.61. The van der Waals surface area contributed by atoms with Gasteiger partial charge in [-0.3, -0.25) is 9.59 Å². The van der Waals surface area contributed by atoms with Gasteiger partial charge in [-0.15, -0.1) is 0 Å². The number of Topliss-reactive ketones (excluding diaryl/α,β-unsaturated/α-hetero) is 2. The van der Waals surface area contributed by atoms with Crippen LogP contribution in [0.1, 0.15) is 52.1 Å². The molecule has 3 N–H and O–H groups in total. The molecule has 0 amide bonds. The maximum atomic E-state index is 13.7. The van der Waals surface area contributed by atoms with E-state index in [1.807, 2.05) is 60.7 Å². The summed E-state index contributed by atoms with van der Waals surface area (Å²) in [4.78, 5) is 32.4. The summed E-state index contributed by atoms with van der Waals surface area (Å²) in [6, 6.07) is 19.3. The molecule has 202 valence electrons. The minimum Gasteiger partial charge on any atom is -0.396 e. The lowest BCUT2D eigenvalue weighted by molar-refractivity contribution is -0.164. The summed E-state index contributed by atoms with van der Waals surface area (Å²) in [6.07, 6.45) is 5.59. The third-order valence-electron chi connectivity index (χ3n) is 6.62. The Morgan fingerprint density at radius 2 is 1.21 bits per heavy atom. The number of hydrogen-bond acceptors (Lipinski definition) is 7. The molecule has 0 unspecified atom stereocenters. The fourth-order valence-electron chi connectivity index (χ4n) is 4.66. The minimum atomic E-state index is -0.196. The van der Waals surface area contributed by atoms with Gasteiger partial charge >= 0.3 is 0 Å². The van der Waals surface area contributed by atoms with Crippen LogP contribution in [0, 0.1) is 0 Å². The van der Waals surface area contributed by atoms with Crippen molar-refractivity contribution >= 4 is 57.3 Å². The maximum absolute atomic E-state index is 13.7. The average molecular weight is 639 g/mol. The standard InChI is InChI=1S/C31H31IN2O5/c1-3-24-25(4-2)31(37)29-27(34-23-13-9-21(10-14-23)17-19-38-39-32)16-15-26(28(29)30(24)36)33-22-11-7-20(8-12-22)6-5-18-35/h3-4,7-16,33-35H,5-6,17-19H2,1-2H3/b24-3+,25-4+. The lowest BCUT2D eigenvalue weighted by Crippen LogP contribution is -2.25. The number of hydrogen-bond donors (Lipinski definition) is 3. The molecule has 39 heavy (non-hydrogen) atoms. The van der Waals surface area contributed by atoms with Gasteiger partial charge in [0, 0.05) is 29.1 Å². The van der Waals surface area contributed by atoms with Crippen LogP contribution in [0.4, 0.5) is 22.7 Å². The predicted molar refractivity (Wildman–Crippen MR) is 162 cm³/mol. The SMILES string of the molecule is C/C=C1/C(=O)c2c(Nc3ccc(CCCO)cc3)ccc(Nc3ccc(CCOOI)cc3)c2C(=O)/C1=C/C. The van der Waals surface area contributed by atoms with Gasteiger partial charge in [0.25, 0.3) is 0 Å². The molecule has 0 atom stereocenters. The minimum absolute atomic E-state index is 0.150. The van der Waals surface area contributed by atoms with Crippen molar-refractivity contribution in [1.29, 1.82) is 0 Å². The number of carbonyl (C=O) groups is 2. The number of ketones is 2. The number of rotatable bonds is 11. The Balaban J connectivity index is 1.70. The van der Waals surface area contributed by atoms with Gasteiger partial charge in [0.1, 0.15) is 0 Å². The van der Waals surface area contributed by atoms with Crippen LogP contribution in [-0.4, -0.2) is 29.9 Å². The highest BCUT2D eigenvalue weighted by molar-refractivity contribution is 14.1. The molecule has 0 saturated carbocycles. The highest BCUT2D eigenvalue weighted by Gasteiger charge is 2.35. The van der Waals surface area contributed by atoms with Crippen LogP contribution in [-0.2, 0) is 20.9 Å². The van der Waals surface area contributed by atoms with Crippen molar-refractivity contribution in [2.45, 2.75) is 33.1 Å². The van der Waals surface area contributed by atoms with E-state index in [1.54, 1.807) is 49.0 Å². The smallest absolute Gasteiger partial charge is 0.196 e. The van der Waals surface area contributed by atoms with Gasteiger partial charge < -0.3 is 15.7 Å². The molecule has 0 aliphatic heterocycles. The largest absolute Gasteiger partial charge is 0.396 e. The second kappa shape index (κ2) is 13.7. The van der Waals surface area contributed by atoms with Crippen LogP contribution >= 0.6 is 23.0 Å². The van der Waals surface area contributed by atoms with Crippen LogP contribution in [0.15, 0.2) is 84.0 Å². The monoisotopic (exact) mass is 638 g/mol. The fraction of sp³-hybridized carbons (Fsp3) is 0.226. The highest BCUT2D eigenvalue weighted by Crippen LogP contribution is 2.40. The van der Waals surface area contributed by atoms with Crippen LogP contribution in [0.2, 0.25) is 0 Å². The van der Waals surface area contributed by atoms with Gasteiger partial charge in [-0.25, -0.2) is 4.89 Å². The van der Waals surface area contributed by atoms with Crippen molar-refractivity contribution in [2.24, 2.45) is 0 Å². The zero-order chi connectivity index (χ0) is 27.8. The third kappa shape index (κ3) is 6.65. The fourth-order valence-corrected chi connectivity index (χ4v) is 4.84. The van der Waals surface area contributed by atoms with E-state index >= 15 is 0 Å². The Labute approximate surface area is 242 Å². The molecule has 0 saturated heterocycles. The molecule has 0 fully saturated rings. The van der Waals surface area contributed by atoms with Gasteiger partial charge in [0.05, 0.1) is 29.1 Å². The Morgan fingerprint density at radius 1 is 0.744 bits per heavy atom. The zero-order valence-corrected chi connectivity index (χ0v) is 24.1. The zero-order valence-electron chi connectivity index (χ0n) is 21.9. The highest BCUT2D eigenvalue weighted by atomic mass is 127. The average Bonchev–Trinajstić information content (AvgIpc) is 2.96. The second-order valence-corrected chi connectivity index (χ2v) is 9.44. The number of fused-ring (bicyclic) bond motifs is 1. The number of allylic oxidation sites excluding steroid dienone is 4. The summed E-state index contributed by atoms with van der Waals surface area (Å²) in [5, 5.41) is 15.8. The summed E-state index contributed by atoms with van der Waals surface area (Å²) in [5.41, 5.74) is 6.43. The Morgan fingerprint density at radius 3 is 1.62 bits per heavy atom. The van der Waals surface area contributed by atoms with Gasteiger partial charge in [-0.2, -0.15) is 3.22 Å². The first-order valence-electron chi connectivity index (χ1n) is 12.8. The van der Waals surface area contributed by atoms with E-state index in [1.165, 1.54) is 0 Å². The molecule has 0 aromatic heterocycles. The van der Waals surface area contributed by atoms with E-state index in [-0.39, 0.29) is 18.2 Å². The molecule has 0 spiro atoms. The van der Waals surface area contributed by atoms with Crippen molar-refractivity contribution < 1.29 is 22.8 Å². The van der Waals surface area contributed by atoms with E-state index in [0.29, 0.717) is 53.1 Å². The molecule has 3 aromatic carbocycles. The Hall–Kier alpha value is -3.31. The Kier molecular flexibility index (Phi) is 10.0. The number of aliphatic hydroxyl groups is 1. The molecule has 0 heterocycles. The summed E-state index contributed by atoms with van der Waals surface area (Å²) in [7, 11) is 0. The first kappa shape index (κ1) is 28.7. The molecule has 7 nitrogen and oxygen atoms in total. The van der Waals surface area contributed by atoms with E-state index < -0.39 is 0 Å². The number of aliphatic hydroxyl groups excluding tert-OH is 1. The van der Waals surface area contributed by atoms with Crippen molar-refractivity contribution in [3.63, 3.8) is 0 Å². The number of aryl methyl sites for hydroxylation is 1. The van der Waals surface area contributed by atoms with Crippen LogP contribution in [0.5, 0.6) is 0 Å². The van der Waals surface area contributed by atoms with Crippen molar-refractivity contribution in [2.75, 3.05) is 23.8 Å². The third-order valence-corrected chi connectivity index (χ3v) is 6.88. The number of nitrogens with one attached hydrogen (secondary N) is 2. The first-order chi connectivity index (χ1) is 19.0. The quantitative estimate of drug-likeness (QED) is 0.0672. The molecule has 0 radical (unpaired) electrons. The van der Waals surface area contributed by atoms with E-state index in [4.69, 9.17) is 9.99 Å². The summed E-state index contributed by atoms with van der Waals surface area (Å²) in [5.74, 6) is -0.392. The van der Waals surface area contributed by atoms with E-state index in [9.17, 15) is 9.59 Å². The lowest BCUT2D eigenvalue weighted by atomic mass is 9.80. The van der Waals surface area contributed by atoms with Crippen molar-refractivity contribution in [3.05, 3.63) is 106 Å². The van der Waals surface area contributed by atoms with Crippen LogP contribution in [0.3, 0.4) is 0 Å². The molecular weight excluding hydrogens is 607 g/mol. The number of carbonyl (C=O) groups excluding carboxylic acids is 2. The van der Waals surface area contributed by atoms with E-state index in [0.717, 1.165) is 28.9 Å². The Bertz CT molecular complexity index is 1400. The van der Waals surface area contributed by atoms with Crippen LogP contribution < -0.4 is 10.6 Å². The van der Waals surface area contributed by atoms with Gasteiger partial charge in [0.2, 0.25) is 0 Å². The van der Waals surface area contributed by atoms with Crippen molar-refractivity contribution in [1.82, 2.24) is 0 Å². The topological polar surface area (TPSA) is 96.9 Å². The number of benzene rings is 3.